The van der Waals surface area contributed by atoms with E-state index in [-0.39, 0.29) is 18.1 Å². The largest absolute Gasteiger partial charge is 0.488 e. The molecule has 0 unspecified atom stereocenters. The highest BCUT2D eigenvalue weighted by Crippen LogP contribution is 2.37. The van der Waals surface area contributed by atoms with Gasteiger partial charge < -0.3 is 4.74 Å². The minimum atomic E-state index is -0.419. The molecule has 0 spiro atoms. The molecule has 1 aliphatic heterocycles. The Labute approximate surface area is 218 Å². The van der Waals surface area contributed by atoms with E-state index < -0.39 is 11.1 Å². The predicted molar refractivity (Wildman–Crippen MR) is 138 cm³/mol. The molecule has 168 valence electrons. The first kappa shape index (κ1) is 24.2. The van der Waals surface area contributed by atoms with Gasteiger partial charge in [0.2, 0.25) is 0 Å². The van der Waals surface area contributed by atoms with Crippen LogP contribution in [0.25, 0.3) is 6.08 Å². The first-order valence-corrected chi connectivity index (χ1v) is 12.4. The smallest absolute Gasteiger partial charge is 0.293 e. The number of benzene rings is 3. The Morgan fingerprint density at radius 2 is 1.64 bits per heavy atom. The topological polar surface area (TPSA) is 46.6 Å². The summed E-state index contributed by atoms with van der Waals surface area (Å²) in [6.45, 7) is 0.253. The third-order valence-corrected chi connectivity index (χ3v) is 7.33. The molecule has 0 atom stereocenters. The summed E-state index contributed by atoms with van der Waals surface area (Å²) in [6, 6.07) is 17.9. The van der Waals surface area contributed by atoms with Gasteiger partial charge in [0, 0.05) is 36.2 Å². The van der Waals surface area contributed by atoms with Gasteiger partial charge in [-0.2, -0.15) is 0 Å². The van der Waals surface area contributed by atoms with Crippen LogP contribution in [0, 0.1) is 0 Å². The fourth-order valence-electron chi connectivity index (χ4n) is 3.15. The second-order valence-corrected chi connectivity index (χ2v) is 10.2. The first-order valence-electron chi connectivity index (χ1n) is 9.67. The number of carbonyl (C=O) groups is 2. The number of ether oxygens (including phenoxy) is 1. The minimum absolute atomic E-state index is 0.00510. The van der Waals surface area contributed by atoms with Crippen LogP contribution in [0.3, 0.4) is 0 Å². The summed E-state index contributed by atoms with van der Waals surface area (Å²) in [7, 11) is 0. The molecule has 0 saturated carbocycles. The average molecular weight is 584 g/mol. The zero-order valence-corrected chi connectivity index (χ0v) is 21.5. The van der Waals surface area contributed by atoms with Crippen molar-refractivity contribution in [3.05, 3.63) is 102 Å². The standard InChI is InChI=1S/C24H15BrCl3NO3S/c25-16-8-9-21(32-13-14-4-1-2-5-18(14)26)15(10-16)11-22-23(30)29(24(31)33-22)12-17-19(27)6-3-7-20(17)28/h1-11H,12-13H2. The number of imide groups is 1. The van der Waals surface area contributed by atoms with Gasteiger partial charge in [-0.1, -0.05) is 75.0 Å². The summed E-state index contributed by atoms with van der Waals surface area (Å²) in [5.74, 6) is 0.136. The van der Waals surface area contributed by atoms with Gasteiger partial charge in [0.25, 0.3) is 11.1 Å². The summed E-state index contributed by atoms with van der Waals surface area (Å²) < 4.78 is 6.79. The van der Waals surface area contributed by atoms with Crippen molar-refractivity contribution in [2.24, 2.45) is 0 Å². The Morgan fingerprint density at radius 3 is 2.36 bits per heavy atom. The molecule has 4 nitrogen and oxygen atoms in total. The number of rotatable bonds is 6. The number of thioether (sulfide) groups is 1. The van der Waals surface area contributed by atoms with Crippen molar-refractivity contribution in [1.82, 2.24) is 4.90 Å². The Kier molecular flexibility index (Phi) is 7.72. The Hall–Kier alpha value is -1.96. The monoisotopic (exact) mass is 581 g/mol. The van der Waals surface area contributed by atoms with Gasteiger partial charge in [-0.3, -0.25) is 14.5 Å². The molecule has 0 bridgehead atoms. The molecule has 1 saturated heterocycles. The molecule has 0 radical (unpaired) electrons. The maximum atomic E-state index is 13.0. The lowest BCUT2D eigenvalue weighted by atomic mass is 10.1. The van der Waals surface area contributed by atoms with E-state index in [1.807, 2.05) is 30.3 Å². The van der Waals surface area contributed by atoms with E-state index in [0.29, 0.717) is 31.9 Å². The van der Waals surface area contributed by atoms with Gasteiger partial charge in [0.1, 0.15) is 12.4 Å². The van der Waals surface area contributed by atoms with Crippen molar-refractivity contribution in [2.45, 2.75) is 13.2 Å². The Balaban J connectivity index is 1.58. The third kappa shape index (κ3) is 5.58. The molecular formula is C24H15BrCl3NO3S. The van der Waals surface area contributed by atoms with Crippen molar-refractivity contribution in [3.8, 4) is 5.75 Å². The van der Waals surface area contributed by atoms with Crippen LogP contribution in [0.4, 0.5) is 4.79 Å². The van der Waals surface area contributed by atoms with E-state index in [4.69, 9.17) is 39.5 Å². The van der Waals surface area contributed by atoms with Crippen LogP contribution in [0.2, 0.25) is 15.1 Å². The Morgan fingerprint density at radius 1 is 0.939 bits per heavy atom. The maximum absolute atomic E-state index is 13.0. The summed E-state index contributed by atoms with van der Waals surface area (Å²) in [5.41, 5.74) is 2.01. The van der Waals surface area contributed by atoms with E-state index in [1.54, 1.807) is 36.4 Å². The first-order chi connectivity index (χ1) is 15.8. The highest BCUT2D eigenvalue weighted by Gasteiger charge is 2.36. The van der Waals surface area contributed by atoms with Gasteiger partial charge in [-0.15, -0.1) is 0 Å². The maximum Gasteiger partial charge on any atom is 0.293 e. The van der Waals surface area contributed by atoms with Crippen molar-refractivity contribution in [3.63, 3.8) is 0 Å². The van der Waals surface area contributed by atoms with E-state index in [9.17, 15) is 9.59 Å². The molecule has 0 aliphatic carbocycles. The minimum Gasteiger partial charge on any atom is -0.488 e. The SMILES string of the molecule is O=C1SC(=Cc2cc(Br)ccc2OCc2ccccc2Cl)C(=O)N1Cc1c(Cl)cccc1Cl. The van der Waals surface area contributed by atoms with Crippen LogP contribution < -0.4 is 4.74 Å². The molecule has 9 heteroatoms. The summed E-state index contributed by atoms with van der Waals surface area (Å²) in [4.78, 5) is 27.0. The fraction of sp³-hybridized carbons (Fsp3) is 0.0833. The van der Waals surface area contributed by atoms with Crippen LogP contribution in [-0.4, -0.2) is 16.0 Å². The number of hydrogen-bond acceptors (Lipinski definition) is 4. The van der Waals surface area contributed by atoms with E-state index in [0.717, 1.165) is 26.7 Å². The fourth-order valence-corrected chi connectivity index (χ4v) is 5.07. The highest BCUT2D eigenvalue weighted by molar-refractivity contribution is 9.10. The average Bonchev–Trinajstić information content (AvgIpc) is 3.04. The zero-order valence-electron chi connectivity index (χ0n) is 16.9. The third-order valence-electron chi connectivity index (χ3n) is 4.85. The number of hydrogen-bond donors (Lipinski definition) is 0. The van der Waals surface area contributed by atoms with Crippen molar-refractivity contribution < 1.29 is 14.3 Å². The molecule has 0 aromatic heterocycles. The molecule has 1 aliphatic rings. The van der Waals surface area contributed by atoms with Crippen LogP contribution >= 0.6 is 62.5 Å². The molecule has 3 aromatic carbocycles. The van der Waals surface area contributed by atoms with Crippen LogP contribution in [0.15, 0.2) is 70.0 Å². The number of halogens is 4. The molecule has 0 N–H and O–H groups in total. The van der Waals surface area contributed by atoms with E-state index in [2.05, 4.69) is 15.9 Å². The number of carbonyl (C=O) groups excluding carboxylic acids is 2. The summed E-state index contributed by atoms with van der Waals surface area (Å²) >= 11 is 23.0. The van der Waals surface area contributed by atoms with Crippen LogP contribution in [0.5, 0.6) is 5.75 Å². The van der Waals surface area contributed by atoms with E-state index >= 15 is 0 Å². The zero-order chi connectivity index (χ0) is 23.5. The summed E-state index contributed by atoms with van der Waals surface area (Å²) in [5, 5.41) is 1.01. The lowest BCUT2D eigenvalue weighted by molar-refractivity contribution is -0.123. The molecule has 33 heavy (non-hydrogen) atoms. The van der Waals surface area contributed by atoms with Gasteiger partial charge in [-0.05, 0) is 54.2 Å². The van der Waals surface area contributed by atoms with Crippen molar-refractivity contribution in [2.75, 3.05) is 0 Å². The van der Waals surface area contributed by atoms with Crippen molar-refractivity contribution in [1.29, 1.82) is 0 Å². The lowest BCUT2D eigenvalue weighted by Gasteiger charge is -2.15. The van der Waals surface area contributed by atoms with Crippen LogP contribution in [-0.2, 0) is 17.9 Å². The van der Waals surface area contributed by atoms with Gasteiger partial charge >= 0.3 is 0 Å². The molecule has 3 aromatic rings. The second kappa shape index (κ2) is 10.5. The number of amides is 2. The number of nitrogens with zero attached hydrogens (tertiary/aromatic N) is 1. The highest BCUT2D eigenvalue weighted by atomic mass is 79.9. The normalized spacial score (nSPS) is 14.9. The molecule has 4 rings (SSSR count). The lowest BCUT2D eigenvalue weighted by Crippen LogP contribution is -2.27. The van der Waals surface area contributed by atoms with Gasteiger partial charge in [0.05, 0.1) is 11.4 Å². The second-order valence-electron chi connectivity index (χ2n) is 7.03. The van der Waals surface area contributed by atoms with Crippen LogP contribution in [0.1, 0.15) is 16.7 Å². The molecular weight excluding hydrogens is 569 g/mol. The van der Waals surface area contributed by atoms with Gasteiger partial charge in [-0.25, -0.2) is 0 Å². The molecule has 1 heterocycles. The molecule has 1 fully saturated rings. The molecule has 2 amide bonds. The van der Waals surface area contributed by atoms with E-state index in [1.165, 1.54) is 0 Å². The quantitative estimate of drug-likeness (QED) is 0.274. The van der Waals surface area contributed by atoms with Crippen molar-refractivity contribution >= 4 is 79.7 Å². The Bertz CT molecular complexity index is 1260. The summed E-state index contributed by atoms with van der Waals surface area (Å²) in [6.07, 6.45) is 1.64. The predicted octanol–water partition coefficient (Wildman–Crippen LogP) is 8.22. The van der Waals surface area contributed by atoms with Gasteiger partial charge in [0.15, 0.2) is 0 Å².